The van der Waals surface area contributed by atoms with E-state index in [1.54, 1.807) is 6.08 Å². The van der Waals surface area contributed by atoms with Crippen LogP contribution in [0, 0.1) is 0 Å². The Morgan fingerprint density at radius 3 is 2.83 bits per heavy atom. The molecule has 12 heavy (non-hydrogen) atoms. The van der Waals surface area contributed by atoms with Crippen molar-refractivity contribution >= 4 is 17.0 Å². The number of carbonyl (C=O) groups is 1. The van der Waals surface area contributed by atoms with E-state index >= 15 is 0 Å². The fraction of sp³-hybridized carbons (Fsp3) is 0.625. The summed E-state index contributed by atoms with van der Waals surface area (Å²) in [5.74, 6) is 0.691. The highest BCUT2D eigenvalue weighted by molar-refractivity contribution is 8.13. The van der Waals surface area contributed by atoms with E-state index in [4.69, 9.17) is 4.74 Å². The Kier molecular flexibility index (Phi) is 4.18. The zero-order valence-corrected chi connectivity index (χ0v) is 7.81. The minimum absolute atomic E-state index is 0.137. The molecule has 0 atom stereocenters. The lowest BCUT2D eigenvalue weighted by Crippen LogP contribution is -2.38. The number of nitrogens with zero attached hydrogens (tertiary/aromatic N) is 1. The van der Waals surface area contributed by atoms with Gasteiger partial charge in [-0.2, -0.15) is 0 Å². The number of morpholine rings is 1. The first-order valence-corrected chi connectivity index (χ1v) is 4.93. The molecule has 3 nitrogen and oxygen atoms in total. The van der Waals surface area contributed by atoms with Crippen LogP contribution >= 0.6 is 11.8 Å². The van der Waals surface area contributed by atoms with Crippen LogP contribution in [-0.2, 0) is 4.74 Å². The molecular formula is C8H13NO2S. The molecular weight excluding hydrogens is 174 g/mol. The van der Waals surface area contributed by atoms with Gasteiger partial charge >= 0.3 is 0 Å². The monoisotopic (exact) mass is 187 g/mol. The SMILES string of the molecule is C=CCSC(=O)N1CCOCC1. The Morgan fingerprint density at radius 2 is 2.25 bits per heavy atom. The second-order valence-corrected chi connectivity index (χ2v) is 3.44. The maximum Gasteiger partial charge on any atom is 0.282 e. The lowest BCUT2D eigenvalue weighted by atomic mass is 10.5. The van der Waals surface area contributed by atoms with Gasteiger partial charge in [0.15, 0.2) is 0 Å². The molecule has 0 unspecified atom stereocenters. The van der Waals surface area contributed by atoms with E-state index in [9.17, 15) is 4.79 Å². The first-order chi connectivity index (χ1) is 5.84. The van der Waals surface area contributed by atoms with E-state index < -0.39 is 0 Å². The van der Waals surface area contributed by atoms with E-state index in [0.717, 1.165) is 13.1 Å². The fourth-order valence-corrected chi connectivity index (χ4v) is 1.59. The van der Waals surface area contributed by atoms with Crippen molar-refractivity contribution in [3.63, 3.8) is 0 Å². The van der Waals surface area contributed by atoms with Gasteiger partial charge in [0.25, 0.3) is 5.24 Å². The summed E-state index contributed by atoms with van der Waals surface area (Å²) in [5, 5.41) is 0.137. The topological polar surface area (TPSA) is 29.5 Å². The number of rotatable bonds is 2. The molecule has 1 saturated heterocycles. The quantitative estimate of drug-likeness (QED) is 0.611. The molecule has 1 heterocycles. The van der Waals surface area contributed by atoms with Gasteiger partial charge in [-0.3, -0.25) is 4.79 Å². The van der Waals surface area contributed by atoms with E-state index in [-0.39, 0.29) is 5.24 Å². The first kappa shape index (κ1) is 9.61. The molecule has 1 aliphatic heterocycles. The van der Waals surface area contributed by atoms with Crippen LogP contribution in [0.25, 0.3) is 0 Å². The van der Waals surface area contributed by atoms with E-state index in [0.29, 0.717) is 19.0 Å². The Hall–Kier alpha value is -0.480. The van der Waals surface area contributed by atoms with Gasteiger partial charge < -0.3 is 9.64 Å². The van der Waals surface area contributed by atoms with Crippen molar-refractivity contribution in [2.24, 2.45) is 0 Å². The average Bonchev–Trinajstić information content (AvgIpc) is 2.15. The minimum atomic E-state index is 0.137. The highest BCUT2D eigenvalue weighted by atomic mass is 32.2. The predicted molar refractivity (Wildman–Crippen MR) is 50.4 cm³/mol. The summed E-state index contributed by atoms with van der Waals surface area (Å²) in [4.78, 5) is 13.2. The molecule has 0 bridgehead atoms. The number of amides is 1. The predicted octanol–water partition coefficient (Wildman–Crippen LogP) is 1.36. The zero-order valence-electron chi connectivity index (χ0n) is 6.99. The molecule has 1 aliphatic rings. The van der Waals surface area contributed by atoms with Crippen LogP contribution in [-0.4, -0.2) is 42.2 Å². The summed E-state index contributed by atoms with van der Waals surface area (Å²) in [5.41, 5.74) is 0. The highest BCUT2D eigenvalue weighted by Gasteiger charge is 2.15. The van der Waals surface area contributed by atoms with Crippen LogP contribution in [0.5, 0.6) is 0 Å². The Morgan fingerprint density at radius 1 is 1.58 bits per heavy atom. The summed E-state index contributed by atoms with van der Waals surface area (Å²) in [6.45, 7) is 6.35. The van der Waals surface area contributed by atoms with Crippen molar-refractivity contribution in [3.05, 3.63) is 12.7 Å². The van der Waals surface area contributed by atoms with Crippen molar-refractivity contribution in [1.82, 2.24) is 4.90 Å². The van der Waals surface area contributed by atoms with Crippen LogP contribution in [0.2, 0.25) is 0 Å². The van der Waals surface area contributed by atoms with Crippen LogP contribution in [0.15, 0.2) is 12.7 Å². The van der Waals surface area contributed by atoms with Gasteiger partial charge in [-0.05, 0) is 0 Å². The number of hydrogen-bond acceptors (Lipinski definition) is 3. The van der Waals surface area contributed by atoms with Crippen molar-refractivity contribution in [3.8, 4) is 0 Å². The highest BCUT2D eigenvalue weighted by Crippen LogP contribution is 2.10. The minimum Gasteiger partial charge on any atom is -0.378 e. The fourth-order valence-electron chi connectivity index (χ4n) is 0.967. The first-order valence-electron chi connectivity index (χ1n) is 3.95. The molecule has 0 spiro atoms. The van der Waals surface area contributed by atoms with Gasteiger partial charge in [-0.25, -0.2) is 0 Å². The summed E-state index contributed by atoms with van der Waals surface area (Å²) < 4.78 is 5.13. The van der Waals surface area contributed by atoms with Crippen molar-refractivity contribution in [1.29, 1.82) is 0 Å². The molecule has 1 fully saturated rings. The molecule has 0 aromatic rings. The van der Waals surface area contributed by atoms with Crippen LogP contribution in [0.4, 0.5) is 4.79 Å². The molecule has 1 amide bonds. The summed E-state index contributed by atoms with van der Waals surface area (Å²) in [6, 6.07) is 0. The van der Waals surface area contributed by atoms with Crippen molar-refractivity contribution in [2.75, 3.05) is 32.1 Å². The Balaban J connectivity index is 2.24. The third kappa shape index (κ3) is 2.87. The maximum absolute atomic E-state index is 11.3. The van der Waals surface area contributed by atoms with Gasteiger partial charge in [0.05, 0.1) is 13.2 Å². The molecule has 0 aliphatic carbocycles. The average molecular weight is 187 g/mol. The Bertz CT molecular complexity index is 166. The third-order valence-corrected chi connectivity index (χ3v) is 2.50. The molecule has 0 radical (unpaired) electrons. The number of carbonyl (C=O) groups excluding carboxylic acids is 1. The van der Waals surface area contributed by atoms with Crippen molar-refractivity contribution in [2.45, 2.75) is 0 Å². The summed E-state index contributed by atoms with van der Waals surface area (Å²) >= 11 is 1.30. The molecule has 0 saturated carbocycles. The lowest BCUT2D eigenvalue weighted by Gasteiger charge is -2.25. The largest absolute Gasteiger partial charge is 0.378 e. The number of hydrogen-bond donors (Lipinski definition) is 0. The van der Waals surface area contributed by atoms with E-state index in [1.807, 2.05) is 4.90 Å². The van der Waals surface area contributed by atoms with Gasteiger partial charge in [0, 0.05) is 18.8 Å². The van der Waals surface area contributed by atoms with Gasteiger partial charge in [0.2, 0.25) is 0 Å². The summed E-state index contributed by atoms with van der Waals surface area (Å²) in [7, 11) is 0. The standard InChI is InChI=1S/C8H13NO2S/c1-2-7-12-8(10)9-3-5-11-6-4-9/h2H,1,3-7H2. The number of thioether (sulfide) groups is 1. The van der Waals surface area contributed by atoms with Crippen LogP contribution in [0.3, 0.4) is 0 Å². The smallest absolute Gasteiger partial charge is 0.282 e. The molecule has 68 valence electrons. The maximum atomic E-state index is 11.3. The Labute approximate surface area is 76.8 Å². The van der Waals surface area contributed by atoms with E-state index in [2.05, 4.69) is 6.58 Å². The van der Waals surface area contributed by atoms with Crippen molar-refractivity contribution < 1.29 is 9.53 Å². The zero-order chi connectivity index (χ0) is 8.81. The molecule has 4 heteroatoms. The summed E-state index contributed by atoms with van der Waals surface area (Å²) in [6.07, 6.45) is 1.74. The second-order valence-electron chi connectivity index (χ2n) is 2.47. The molecule has 1 rings (SSSR count). The third-order valence-electron chi connectivity index (χ3n) is 1.59. The lowest BCUT2D eigenvalue weighted by molar-refractivity contribution is 0.0593. The molecule has 0 aromatic heterocycles. The number of ether oxygens (including phenoxy) is 1. The van der Waals surface area contributed by atoms with Gasteiger partial charge in [-0.15, -0.1) is 6.58 Å². The second kappa shape index (κ2) is 5.22. The normalized spacial score (nSPS) is 17.5. The van der Waals surface area contributed by atoms with Gasteiger partial charge in [-0.1, -0.05) is 17.8 Å². The molecule has 0 aromatic carbocycles. The van der Waals surface area contributed by atoms with Gasteiger partial charge in [0.1, 0.15) is 0 Å². The molecule has 0 N–H and O–H groups in total. The van der Waals surface area contributed by atoms with E-state index in [1.165, 1.54) is 11.8 Å². The van der Waals surface area contributed by atoms with Crippen LogP contribution < -0.4 is 0 Å². The van der Waals surface area contributed by atoms with Crippen LogP contribution in [0.1, 0.15) is 0 Å².